The first kappa shape index (κ1) is 16.2. The maximum Gasteiger partial charge on any atom is 0.0431 e. The number of unbranched alkanes of at least 4 members (excludes halogenated alkanes) is 2. The van der Waals surface area contributed by atoms with Crippen LogP contribution in [0.15, 0.2) is 0 Å². The van der Waals surface area contributed by atoms with Crippen LogP contribution in [0.25, 0.3) is 0 Å². The van der Waals surface area contributed by atoms with Crippen molar-refractivity contribution in [3.63, 3.8) is 0 Å². The third kappa shape index (κ3) is 6.72. The van der Waals surface area contributed by atoms with Gasteiger partial charge < -0.3 is 10.8 Å². The number of hydrogen-bond donors (Lipinski definition) is 2. The molecule has 0 aliphatic carbocycles. The molecule has 0 fully saturated rings. The van der Waals surface area contributed by atoms with Crippen molar-refractivity contribution in [2.45, 2.75) is 70.2 Å². The summed E-state index contributed by atoms with van der Waals surface area (Å²) < 4.78 is 0. The first-order valence-electron chi connectivity index (χ1n) is 6.47. The Hall–Kier alpha value is 0.210. The van der Waals surface area contributed by atoms with E-state index in [2.05, 4.69) is 6.92 Å². The fraction of sp³-hybridized carbons (Fsp3) is 1.00. The number of hydrogen-bond acceptors (Lipinski definition) is 2. The maximum absolute atomic E-state index is 8.89. The van der Waals surface area contributed by atoms with Gasteiger partial charge in [-0.1, -0.05) is 26.2 Å². The van der Waals surface area contributed by atoms with Crippen molar-refractivity contribution in [2.24, 2.45) is 11.7 Å². The Morgan fingerprint density at radius 1 is 1.19 bits per heavy atom. The molecular weight excluding hydrogens is 222 g/mol. The molecule has 0 bridgehead atoms. The topological polar surface area (TPSA) is 46.2 Å². The zero-order valence-electron chi connectivity index (χ0n) is 11.0. The Bertz CT molecular complexity index is 168. The lowest BCUT2D eigenvalue weighted by molar-refractivity contribution is 0.231. The van der Waals surface area contributed by atoms with E-state index >= 15 is 0 Å². The second-order valence-corrected chi connectivity index (χ2v) is 5.87. The molecule has 2 nitrogen and oxygen atoms in total. The van der Waals surface area contributed by atoms with Gasteiger partial charge in [-0.05, 0) is 39.0 Å². The molecule has 2 atom stereocenters. The van der Waals surface area contributed by atoms with Crippen LogP contribution in [0.2, 0.25) is 0 Å². The fourth-order valence-electron chi connectivity index (χ4n) is 2.12. The van der Waals surface area contributed by atoms with Gasteiger partial charge in [0.1, 0.15) is 0 Å². The molecule has 16 heavy (non-hydrogen) atoms. The molecule has 0 aromatic carbocycles. The molecule has 3 N–H and O–H groups in total. The van der Waals surface area contributed by atoms with Crippen LogP contribution < -0.4 is 5.73 Å². The highest BCUT2D eigenvalue weighted by molar-refractivity contribution is 6.20. The molecule has 0 saturated carbocycles. The van der Waals surface area contributed by atoms with Crippen LogP contribution in [0.1, 0.15) is 59.3 Å². The van der Waals surface area contributed by atoms with E-state index in [1.807, 2.05) is 13.8 Å². The van der Waals surface area contributed by atoms with Crippen molar-refractivity contribution < 1.29 is 5.11 Å². The van der Waals surface area contributed by atoms with E-state index in [0.29, 0.717) is 0 Å². The average Bonchev–Trinajstić information content (AvgIpc) is 2.16. The molecule has 0 aliphatic heterocycles. The van der Waals surface area contributed by atoms with Crippen LogP contribution in [0.3, 0.4) is 0 Å². The van der Waals surface area contributed by atoms with Crippen LogP contribution in [0, 0.1) is 5.92 Å². The quantitative estimate of drug-likeness (QED) is 0.487. The summed E-state index contributed by atoms with van der Waals surface area (Å²) >= 11 is 6.44. The van der Waals surface area contributed by atoms with Gasteiger partial charge in [0, 0.05) is 17.5 Å². The summed E-state index contributed by atoms with van der Waals surface area (Å²) in [5, 5.41) is 9.03. The van der Waals surface area contributed by atoms with Crippen LogP contribution in [-0.4, -0.2) is 22.6 Å². The van der Waals surface area contributed by atoms with E-state index in [-0.39, 0.29) is 23.4 Å². The molecule has 3 heteroatoms. The molecule has 0 saturated heterocycles. The van der Waals surface area contributed by atoms with Gasteiger partial charge in [0.2, 0.25) is 0 Å². The van der Waals surface area contributed by atoms with Crippen molar-refractivity contribution in [1.82, 2.24) is 0 Å². The molecule has 0 aromatic rings. The Kier molecular flexibility index (Phi) is 8.43. The third-order valence-electron chi connectivity index (χ3n) is 3.15. The van der Waals surface area contributed by atoms with Gasteiger partial charge >= 0.3 is 0 Å². The highest BCUT2D eigenvalue weighted by Gasteiger charge is 2.30. The van der Waals surface area contributed by atoms with Crippen molar-refractivity contribution in [3.8, 4) is 0 Å². The molecule has 0 aliphatic rings. The summed E-state index contributed by atoms with van der Waals surface area (Å²) in [5.41, 5.74) is 5.90. The van der Waals surface area contributed by atoms with E-state index in [1.165, 1.54) is 19.3 Å². The SMILES string of the molecule is CCCCCC(Cl)C(CCCO)C(C)(C)N. The second kappa shape index (κ2) is 8.32. The minimum Gasteiger partial charge on any atom is -0.396 e. The third-order valence-corrected chi connectivity index (χ3v) is 3.67. The molecule has 0 radical (unpaired) electrons. The largest absolute Gasteiger partial charge is 0.396 e. The molecule has 2 unspecified atom stereocenters. The number of halogens is 1. The average molecular weight is 250 g/mol. The molecule has 0 aromatic heterocycles. The maximum atomic E-state index is 8.89. The van der Waals surface area contributed by atoms with Crippen molar-refractivity contribution >= 4 is 11.6 Å². The summed E-state index contributed by atoms with van der Waals surface area (Å²) in [4.78, 5) is 0. The monoisotopic (exact) mass is 249 g/mol. The van der Waals surface area contributed by atoms with Gasteiger partial charge in [0.15, 0.2) is 0 Å². The number of aliphatic hydroxyl groups excluding tert-OH is 1. The number of alkyl halides is 1. The minimum atomic E-state index is -0.256. The summed E-state index contributed by atoms with van der Waals surface area (Å²) in [6, 6.07) is 0. The Balaban J connectivity index is 4.16. The van der Waals surface area contributed by atoms with Gasteiger partial charge in [-0.2, -0.15) is 0 Å². The summed E-state index contributed by atoms with van der Waals surface area (Å²) in [7, 11) is 0. The zero-order valence-corrected chi connectivity index (χ0v) is 11.8. The van der Waals surface area contributed by atoms with Crippen LogP contribution in [-0.2, 0) is 0 Å². The Morgan fingerprint density at radius 2 is 1.81 bits per heavy atom. The predicted octanol–water partition coefficient (Wildman–Crippen LogP) is 3.30. The number of aliphatic hydroxyl groups is 1. The Labute approximate surface area is 106 Å². The molecule has 0 rings (SSSR count). The molecule has 0 amide bonds. The van der Waals surface area contributed by atoms with Gasteiger partial charge in [0.25, 0.3) is 0 Å². The highest BCUT2D eigenvalue weighted by Crippen LogP contribution is 2.29. The van der Waals surface area contributed by atoms with Crippen molar-refractivity contribution in [2.75, 3.05) is 6.61 Å². The lowest BCUT2D eigenvalue weighted by Crippen LogP contribution is -2.45. The molecular formula is C13H28ClNO. The number of rotatable bonds is 9. The van der Waals surface area contributed by atoms with Crippen molar-refractivity contribution in [1.29, 1.82) is 0 Å². The molecule has 0 heterocycles. The summed E-state index contributed by atoms with van der Waals surface area (Å²) in [6.07, 6.45) is 6.38. The molecule has 98 valence electrons. The highest BCUT2D eigenvalue weighted by atomic mass is 35.5. The summed E-state index contributed by atoms with van der Waals surface area (Å²) in [5.74, 6) is 0.290. The second-order valence-electron chi connectivity index (χ2n) is 5.31. The zero-order chi connectivity index (χ0) is 12.6. The Morgan fingerprint density at radius 3 is 2.25 bits per heavy atom. The van der Waals surface area contributed by atoms with E-state index < -0.39 is 0 Å². The van der Waals surface area contributed by atoms with Gasteiger partial charge in [-0.25, -0.2) is 0 Å². The van der Waals surface area contributed by atoms with Crippen LogP contribution in [0.5, 0.6) is 0 Å². The lowest BCUT2D eigenvalue weighted by atomic mass is 9.81. The predicted molar refractivity (Wildman–Crippen MR) is 71.9 cm³/mol. The van der Waals surface area contributed by atoms with E-state index in [9.17, 15) is 0 Å². The summed E-state index contributed by atoms with van der Waals surface area (Å²) in [6.45, 7) is 6.49. The minimum absolute atomic E-state index is 0.137. The van der Waals surface area contributed by atoms with E-state index in [1.54, 1.807) is 0 Å². The standard InChI is InChI=1S/C13H28ClNO/c1-4-5-6-9-12(14)11(8-7-10-16)13(2,3)15/h11-12,16H,4-10,15H2,1-3H3. The number of nitrogens with two attached hydrogens (primary N) is 1. The van der Waals surface area contributed by atoms with Gasteiger partial charge in [0.05, 0.1) is 0 Å². The first-order valence-corrected chi connectivity index (χ1v) is 6.91. The van der Waals surface area contributed by atoms with Gasteiger partial charge in [-0.3, -0.25) is 0 Å². The van der Waals surface area contributed by atoms with E-state index in [0.717, 1.165) is 19.3 Å². The first-order chi connectivity index (χ1) is 7.43. The molecule has 0 spiro atoms. The normalized spacial score (nSPS) is 16.1. The van der Waals surface area contributed by atoms with Crippen molar-refractivity contribution in [3.05, 3.63) is 0 Å². The van der Waals surface area contributed by atoms with Gasteiger partial charge in [-0.15, -0.1) is 11.6 Å². The van der Waals surface area contributed by atoms with Crippen LogP contribution >= 0.6 is 11.6 Å². The van der Waals surface area contributed by atoms with E-state index in [4.69, 9.17) is 22.4 Å². The smallest absolute Gasteiger partial charge is 0.0431 e. The van der Waals surface area contributed by atoms with Crippen LogP contribution in [0.4, 0.5) is 0 Å². The lowest BCUT2D eigenvalue weighted by Gasteiger charge is -2.34. The fourth-order valence-corrected chi connectivity index (χ4v) is 2.73.